The van der Waals surface area contributed by atoms with Crippen LogP contribution in [0.1, 0.15) is 0 Å². The van der Waals surface area contributed by atoms with E-state index in [1.807, 2.05) is 0 Å². The minimum Gasteiger partial charge on any atom is -0.350 e. The fraction of sp³-hybridized carbons (Fsp3) is 0. The number of hydrogen-bond donors (Lipinski definition) is 2. The second-order valence-electron chi connectivity index (χ2n) is 1.66. The lowest BCUT2D eigenvalue weighted by molar-refractivity contribution is 0.246. The van der Waals surface area contributed by atoms with Crippen molar-refractivity contribution in [2.75, 3.05) is 0 Å². The normalized spacial score (nSPS) is 9.20. The van der Waals surface area contributed by atoms with E-state index in [2.05, 4.69) is 5.10 Å². The molecule has 0 unspecified atom stereocenters. The Hall–Kier alpha value is -1.65. The molecule has 0 aromatic carbocycles. The van der Waals surface area contributed by atoms with E-state index in [0.717, 1.165) is 4.68 Å². The maximum Gasteiger partial charge on any atom is 0.341 e. The van der Waals surface area contributed by atoms with Gasteiger partial charge in [-0.05, 0) is 12.1 Å². The first-order chi connectivity index (χ1) is 4.72. The van der Waals surface area contributed by atoms with Gasteiger partial charge in [0.15, 0.2) is 5.49 Å². The molecule has 0 aliphatic rings. The van der Waals surface area contributed by atoms with Crippen LogP contribution >= 0.6 is 0 Å². The number of aromatic nitrogens is 2. The third-order valence-corrected chi connectivity index (χ3v) is 0.959. The van der Waals surface area contributed by atoms with Gasteiger partial charge in [0.1, 0.15) is 0 Å². The lowest BCUT2D eigenvalue weighted by atomic mass is 10.6. The molecule has 5 nitrogen and oxygen atoms in total. The summed E-state index contributed by atoms with van der Waals surface area (Å²) in [6.45, 7) is 0. The fourth-order valence-corrected chi connectivity index (χ4v) is 0.548. The van der Waals surface area contributed by atoms with Gasteiger partial charge < -0.3 is 5.73 Å². The van der Waals surface area contributed by atoms with Crippen molar-refractivity contribution in [3.8, 4) is 0 Å². The number of rotatable bonds is 0. The van der Waals surface area contributed by atoms with Crippen molar-refractivity contribution in [1.82, 2.24) is 9.78 Å². The monoisotopic (exact) mass is 138 g/mol. The Labute approximate surface area is 56.6 Å². The highest BCUT2D eigenvalue weighted by Crippen LogP contribution is 1.70. The van der Waals surface area contributed by atoms with Crippen LogP contribution in [-0.2, 0) is 0 Å². The van der Waals surface area contributed by atoms with Gasteiger partial charge in [0.2, 0.25) is 0 Å². The first-order valence-electron chi connectivity index (χ1n) is 2.60. The van der Waals surface area contributed by atoms with Gasteiger partial charge in [0.25, 0.3) is 0 Å². The minimum atomic E-state index is -0.745. The molecule has 1 aromatic rings. The van der Waals surface area contributed by atoms with E-state index < -0.39 is 6.03 Å². The molecule has 1 heterocycles. The van der Waals surface area contributed by atoms with Crippen LogP contribution in [0, 0.1) is 5.41 Å². The molecule has 0 saturated carbocycles. The van der Waals surface area contributed by atoms with Crippen LogP contribution in [0.5, 0.6) is 0 Å². The summed E-state index contributed by atoms with van der Waals surface area (Å²) in [4.78, 5) is 10.4. The van der Waals surface area contributed by atoms with Crippen molar-refractivity contribution in [2.45, 2.75) is 0 Å². The molecule has 0 aliphatic carbocycles. The summed E-state index contributed by atoms with van der Waals surface area (Å²) in [7, 11) is 0. The molecular formula is C5H6N4O. The lowest BCUT2D eigenvalue weighted by Gasteiger charge is -1.95. The fourth-order valence-electron chi connectivity index (χ4n) is 0.548. The molecule has 1 amide bonds. The molecule has 52 valence electrons. The first kappa shape index (κ1) is 6.47. The molecular weight excluding hydrogens is 132 g/mol. The summed E-state index contributed by atoms with van der Waals surface area (Å²) in [6, 6.07) is 2.24. The van der Waals surface area contributed by atoms with Crippen molar-refractivity contribution in [3.63, 3.8) is 0 Å². The van der Waals surface area contributed by atoms with E-state index in [1.165, 1.54) is 12.3 Å². The lowest BCUT2D eigenvalue weighted by Crippen LogP contribution is -2.32. The van der Waals surface area contributed by atoms with E-state index in [4.69, 9.17) is 11.1 Å². The molecule has 0 radical (unpaired) electrons. The number of hydrogen-bond acceptors (Lipinski definition) is 3. The Morgan fingerprint density at radius 2 is 2.50 bits per heavy atom. The second-order valence-corrected chi connectivity index (χ2v) is 1.66. The number of nitrogens with zero attached hydrogens (tertiary/aromatic N) is 2. The molecule has 3 N–H and O–H groups in total. The summed E-state index contributed by atoms with van der Waals surface area (Å²) in [5.74, 6) is 0. The smallest absolute Gasteiger partial charge is 0.341 e. The average Bonchev–Trinajstić information content (AvgIpc) is 1.88. The van der Waals surface area contributed by atoms with Crippen molar-refractivity contribution < 1.29 is 4.79 Å². The molecule has 5 heteroatoms. The molecule has 1 rings (SSSR count). The molecule has 0 spiro atoms. The summed E-state index contributed by atoms with van der Waals surface area (Å²) in [5.41, 5.74) is 4.84. The highest BCUT2D eigenvalue weighted by atomic mass is 16.2. The van der Waals surface area contributed by atoms with Gasteiger partial charge in [-0.25, -0.2) is 4.79 Å². The second kappa shape index (κ2) is 2.30. The molecule has 10 heavy (non-hydrogen) atoms. The average molecular weight is 138 g/mol. The number of nitrogens with one attached hydrogen (secondary N) is 1. The van der Waals surface area contributed by atoms with Crippen molar-refractivity contribution >= 4 is 6.03 Å². The third kappa shape index (κ3) is 1.02. The Morgan fingerprint density at radius 3 is 2.90 bits per heavy atom. The third-order valence-electron chi connectivity index (χ3n) is 0.959. The minimum absolute atomic E-state index is 0.0185. The van der Waals surface area contributed by atoms with Crippen molar-refractivity contribution in [1.29, 1.82) is 5.41 Å². The van der Waals surface area contributed by atoms with Crippen LogP contribution in [0.25, 0.3) is 0 Å². The Kier molecular flexibility index (Phi) is 1.49. The molecule has 1 aromatic heterocycles. The highest BCUT2D eigenvalue weighted by Gasteiger charge is 1.95. The maximum absolute atomic E-state index is 10.4. The Bertz CT molecular complexity index is 303. The molecule has 0 bridgehead atoms. The molecule has 0 atom stereocenters. The van der Waals surface area contributed by atoms with Crippen LogP contribution in [0.2, 0.25) is 0 Å². The number of carbonyl (C=O) groups is 1. The quantitative estimate of drug-likeness (QED) is 0.496. The summed E-state index contributed by atoms with van der Waals surface area (Å²) in [6.07, 6.45) is 1.39. The van der Waals surface area contributed by atoms with Crippen LogP contribution in [0.3, 0.4) is 0 Å². The van der Waals surface area contributed by atoms with Crippen LogP contribution < -0.4 is 11.2 Å². The predicted octanol–water partition coefficient (Wildman–Crippen LogP) is -0.711. The van der Waals surface area contributed by atoms with Crippen molar-refractivity contribution in [2.24, 2.45) is 5.73 Å². The maximum atomic E-state index is 10.4. The number of amides is 1. The Morgan fingerprint density at radius 1 is 1.80 bits per heavy atom. The highest BCUT2D eigenvalue weighted by molar-refractivity contribution is 5.73. The van der Waals surface area contributed by atoms with Crippen LogP contribution in [0.4, 0.5) is 4.79 Å². The molecule has 0 fully saturated rings. The van der Waals surface area contributed by atoms with E-state index in [1.54, 1.807) is 6.07 Å². The largest absolute Gasteiger partial charge is 0.350 e. The number of carbonyl (C=O) groups excluding carboxylic acids is 1. The van der Waals surface area contributed by atoms with Crippen LogP contribution in [0.15, 0.2) is 18.3 Å². The van der Waals surface area contributed by atoms with E-state index >= 15 is 0 Å². The first-order valence-corrected chi connectivity index (χ1v) is 2.60. The van der Waals surface area contributed by atoms with Gasteiger partial charge in [0, 0.05) is 6.20 Å². The Balaban J connectivity index is 3.29. The van der Waals surface area contributed by atoms with Gasteiger partial charge >= 0.3 is 6.03 Å². The van der Waals surface area contributed by atoms with Crippen LogP contribution in [-0.4, -0.2) is 15.8 Å². The van der Waals surface area contributed by atoms with Gasteiger partial charge in [-0.1, -0.05) is 0 Å². The van der Waals surface area contributed by atoms with E-state index in [-0.39, 0.29) is 5.49 Å². The zero-order valence-corrected chi connectivity index (χ0v) is 5.11. The summed E-state index contributed by atoms with van der Waals surface area (Å²) >= 11 is 0. The van der Waals surface area contributed by atoms with E-state index in [0.29, 0.717) is 0 Å². The molecule has 0 aliphatic heterocycles. The zero-order valence-electron chi connectivity index (χ0n) is 5.11. The molecule has 0 saturated heterocycles. The number of primary amides is 1. The van der Waals surface area contributed by atoms with Gasteiger partial charge in [-0.2, -0.15) is 9.78 Å². The SMILES string of the molecule is N=c1cccnn1C(N)=O. The van der Waals surface area contributed by atoms with E-state index in [9.17, 15) is 4.79 Å². The number of nitrogens with two attached hydrogens (primary N) is 1. The summed E-state index contributed by atoms with van der Waals surface area (Å²) < 4.78 is 0.806. The predicted molar refractivity (Wildman–Crippen MR) is 33.1 cm³/mol. The van der Waals surface area contributed by atoms with Crippen molar-refractivity contribution in [3.05, 3.63) is 23.8 Å². The zero-order chi connectivity index (χ0) is 7.56. The standard InChI is InChI=1S/C5H6N4O/c6-4-2-1-3-8-9(4)5(7)10/h1-3,6H,(H2,7,10). The topological polar surface area (TPSA) is 84.8 Å². The summed E-state index contributed by atoms with van der Waals surface area (Å²) in [5, 5.41) is 10.6. The van der Waals surface area contributed by atoms with Gasteiger partial charge in [-0.15, -0.1) is 0 Å². The van der Waals surface area contributed by atoms with Gasteiger partial charge in [-0.3, -0.25) is 5.41 Å². The van der Waals surface area contributed by atoms with Gasteiger partial charge in [0.05, 0.1) is 0 Å².